The number of ether oxygens (including phenoxy) is 2. The van der Waals surface area contributed by atoms with Gasteiger partial charge in [-0.1, -0.05) is 0 Å². The molecule has 1 aliphatic rings. The van der Waals surface area contributed by atoms with E-state index in [-0.39, 0.29) is 18.6 Å². The van der Waals surface area contributed by atoms with E-state index < -0.39 is 12.6 Å². The van der Waals surface area contributed by atoms with Crippen molar-refractivity contribution in [2.45, 2.75) is 18.9 Å². The van der Waals surface area contributed by atoms with Crippen LogP contribution in [0.1, 0.15) is 12.8 Å². The fourth-order valence-electron chi connectivity index (χ4n) is 1.31. The van der Waals surface area contributed by atoms with Crippen molar-refractivity contribution in [1.29, 1.82) is 0 Å². The molecule has 0 spiro atoms. The highest BCUT2D eigenvalue weighted by Crippen LogP contribution is 2.10. The summed E-state index contributed by atoms with van der Waals surface area (Å²) in [5, 5.41) is 12.6. The van der Waals surface area contributed by atoms with Crippen molar-refractivity contribution in [3.8, 4) is 0 Å². The van der Waals surface area contributed by atoms with Crippen LogP contribution in [0.2, 0.25) is 0 Å². The number of hydrogen-bond acceptors (Lipinski definition) is 5. The van der Waals surface area contributed by atoms with E-state index >= 15 is 0 Å². The van der Waals surface area contributed by atoms with Crippen LogP contribution in [-0.2, 0) is 19.1 Å². The Balaban J connectivity index is 2.00. The van der Waals surface area contributed by atoms with Crippen LogP contribution in [0.25, 0.3) is 0 Å². The number of carboxylic acids is 1. The van der Waals surface area contributed by atoms with E-state index in [2.05, 4.69) is 10.1 Å². The molecule has 6 nitrogen and oxygen atoms in total. The maximum absolute atomic E-state index is 11.1. The van der Waals surface area contributed by atoms with Crippen LogP contribution in [0.5, 0.6) is 0 Å². The molecule has 1 rings (SSSR count). The highest BCUT2D eigenvalue weighted by atomic mass is 16.5. The van der Waals surface area contributed by atoms with Crippen molar-refractivity contribution in [1.82, 2.24) is 5.32 Å². The maximum atomic E-state index is 11.1. The number of rotatable bonds is 6. The summed E-state index contributed by atoms with van der Waals surface area (Å²) < 4.78 is 9.84. The Hall–Kier alpha value is -1.14. The molecular weight excluding hydrogens is 202 g/mol. The van der Waals surface area contributed by atoms with Gasteiger partial charge in [-0.2, -0.15) is 0 Å². The fraction of sp³-hybridized carbons (Fsp3) is 0.778. The Labute approximate surface area is 87.5 Å². The average molecular weight is 216 g/mol. The molecule has 6 heteroatoms. The van der Waals surface area contributed by atoms with Crippen LogP contribution >= 0.6 is 0 Å². The molecule has 15 heavy (non-hydrogen) atoms. The zero-order chi connectivity index (χ0) is 11.1. The molecule has 0 aliphatic carbocycles. The fourth-order valence-corrected chi connectivity index (χ4v) is 1.31. The summed E-state index contributed by atoms with van der Waals surface area (Å²) in [5.74, 6) is -1.67. The lowest BCUT2D eigenvalue weighted by molar-refractivity contribution is -0.309. The van der Waals surface area contributed by atoms with Crippen molar-refractivity contribution in [3.05, 3.63) is 0 Å². The lowest BCUT2D eigenvalue weighted by Gasteiger charge is -2.10. The highest BCUT2D eigenvalue weighted by Gasteiger charge is 2.15. The SMILES string of the molecule is O=C([O-])COCC(=O)NC[C@@H]1CCCO1. The maximum Gasteiger partial charge on any atom is 0.246 e. The summed E-state index contributed by atoms with van der Waals surface area (Å²) in [7, 11) is 0. The largest absolute Gasteiger partial charge is 0.548 e. The van der Waals surface area contributed by atoms with Crippen LogP contribution in [-0.4, -0.2) is 44.3 Å². The summed E-state index contributed by atoms with van der Waals surface area (Å²) in [6.07, 6.45) is 2.04. The van der Waals surface area contributed by atoms with Crippen LogP contribution in [0.4, 0.5) is 0 Å². The third kappa shape index (κ3) is 5.34. The number of nitrogens with one attached hydrogen (secondary N) is 1. The van der Waals surface area contributed by atoms with Gasteiger partial charge in [-0.3, -0.25) is 4.79 Å². The summed E-state index contributed by atoms with van der Waals surface area (Å²) >= 11 is 0. The molecule has 0 saturated carbocycles. The van der Waals surface area contributed by atoms with Gasteiger partial charge in [-0.15, -0.1) is 0 Å². The van der Waals surface area contributed by atoms with Gasteiger partial charge in [0.15, 0.2) is 0 Å². The molecule has 0 aromatic rings. The first-order valence-corrected chi connectivity index (χ1v) is 4.84. The Morgan fingerprint density at radius 3 is 2.87 bits per heavy atom. The van der Waals surface area contributed by atoms with E-state index in [0.29, 0.717) is 6.54 Å². The zero-order valence-electron chi connectivity index (χ0n) is 8.36. The quantitative estimate of drug-likeness (QED) is 0.557. The first-order valence-electron chi connectivity index (χ1n) is 4.84. The molecule has 86 valence electrons. The Kier molecular flexibility index (Phi) is 5.06. The van der Waals surface area contributed by atoms with Crippen molar-refractivity contribution in [3.63, 3.8) is 0 Å². The third-order valence-corrected chi connectivity index (χ3v) is 2.00. The minimum absolute atomic E-state index is 0.0788. The predicted octanol–water partition coefficient (Wildman–Crippen LogP) is -1.95. The van der Waals surface area contributed by atoms with Gasteiger partial charge in [0.2, 0.25) is 5.91 Å². The summed E-state index contributed by atoms with van der Waals surface area (Å²) in [6, 6.07) is 0. The molecule has 1 heterocycles. The molecule has 0 aromatic carbocycles. The zero-order valence-corrected chi connectivity index (χ0v) is 8.36. The minimum atomic E-state index is -1.33. The number of aliphatic carboxylic acids is 1. The highest BCUT2D eigenvalue weighted by molar-refractivity contribution is 5.77. The van der Waals surface area contributed by atoms with E-state index in [1.165, 1.54) is 0 Å². The van der Waals surface area contributed by atoms with Gasteiger partial charge in [0.25, 0.3) is 0 Å². The van der Waals surface area contributed by atoms with Gasteiger partial charge in [0, 0.05) is 13.2 Å². The van der Waals surface area contributed by atoms with Crippen LogP contribution in [0, 0.1) is 0 Å². The van der Waals surface area contributed by atoms with Crippen LogP contribution in [0.15, 0.2) is 0 Å². The van der Waals surface area contributed by atoms with Gasteiger partial charge in [-0.25, -0.2) is 0 Å². The lowest BCUT2D eigenvalue weighted by Crippen LogP contribution is -2.36. The van der Waals surface area contributed by atoms with Crippen molar-refractivity contribution in [2.24, 2.45) is 0 Å². The van der Waals surface area contributed by atoms with Crippen LogP contribution in [0.3, 0.4) is 0 Å². The molecule has 1 aliphatic heterocycles. The second-order valence-electron chi connectivity index (χ2n) is 3.30. The van der Waals surface area contributed by atoms with Crippen molar-refractivity contribution < 1.29 is 24.2 Å². The Morgan fingerprint density at radius 2 is 2.27 bits per heavy atom. The number of amides is 1. The normalized spacial score (nSPS) is 20.1. The number of carbonyl (C=O) groups excluding carboxylic acids is 2. The minimum Gasteiger partial charge on any atom is -0.548 e. The molecule has 1 atom stereocenters. The van der Waals surface area contributed by atoms with Gasteiger partial charge in [0.1, 0.15) is 6.61 Å². The number of hydrogen-bond donors (Lipinski definition) is 1. The van der Waals surface area contributed by atoms with Crippen molar-refractivity contribution >= 4 is 11.9 Å². The third-order valence-electron chi connectivity index (χ3n) is 2.00. The van der Waals surface area contributed by atoms with Gasteiger partial charge < -0.3 is 24.7 Å². The topological polar surface area (TPSA) is 87.7 Å². The van der Waals surface area contributed by atoms with E-state index in [1.54, 1.807) is 0 Å². The molecule has 0 bridgehead atoms. The van der Waals surface area contributed by atoms with Crippen molar-refractivity contribution in [2.75, 3.05) is 26.4 Å². The smallest absolute Gasteiger partial charge is 0.246 e. The lowest BCUT2D eigenvalue weighted by atomic mass is 10.2. The average Bonchev–Trinajstić information content (AvgIpc) is 2.66. The summed E-state index contributed by atoms with van der Waals surface area (Å²) in [5.41, 5.74) is 0. The number of carboxylic acid groups (broad SMARTS) is 1. The molecule has 1 amide bonds. The van der Waals surface area contributed by atoms with Gasteiger partial charge >= 0.3 is 0 Å². The second kappa shape index (κ2) is 6.36. The molecule has 0 unspecified atom stereocenters. The summed E-state index contributed by atoms with van der Waals surface area (Å²) in [4.78, 5) is 21.0. The molecule has 1 saturated heterocycles. The molecule has 1 N–H and O–H groups in total. The monoisotopic (exact) mass is 216 g/mol. The molecular formula is C9H14NO5-. The molecule has 0 radical (unpaired) electrons. The Bertz CT molecular complexity index is 225. The first-order chi connectivity index (χ1) is 7.18. The molecule has 0 aromatic heterocycles. The van der Waals surface area contributed by atoms with E-state index in [9.17, 15) is 14.7 Å². The van der Waals surface area contributed by atoms with Gasteiger partial charge in [-0.05, 0) is 12.8 Å². The summed E-state index contributed by atoms with van der Waals surface area (Å²) in [6.45, 7) is 0.364. The standard InChI is InChI=1S/C9H15NO5/c11-8(5-14-6-9(12)13)10-4-7-2-1-3-15-7/h7H,1-6H2,(H,10,11)(H,12,13)/p-1/t7-/m0/s1. The Morgan fingerprint density at radius 1 is 1.47 bits per heavy atom. The van der Waals surface area contributed by atoms with E-state index in [4.69, 9.17) is 4.74 Å². The number of carbonyl (C=O) groups is 2. The predicted molar refractivity (Wildman–Crippen MR) is 47.8 cm³/mol. The van der Waals surface area contributed by atoms with E-state index in [1.807, 2.05) is 0 Å². The first kappa shape index (κ1) is 11.9. The molecule has 1 fully saturated rings. The van der Waals surface area contributed by atoms with E-state index in [0.717, 1.165) is 19.4 Å². The second-order valence-corrected chi connectivity index (χ2v) is 3.30. The van der Waals surface area contributed by atoms with Crippen LogP contribution < -0.4 is 10.4 Å². The van der Waals surface area contributed by atoms with Gasteiger partial charge in [0.05, 0.1) is 18.7 Å².